The molecule has 0 aliphatic rings. The van der Waals surface area contributed by atoms with Gasteiger partial charge in [-0.1, -0.05) is 0 Å². The zero-order valence-corrected chi connectivity index (χ0v) is 7.62. The van der Waals surface area contributed by atoms with Gasteiger partial charge in [-0.3, -0.25) is 0 Å². The Morgan fingerprint density at radius 1 is 1.15 bits per heavy atom. The van der Waals surface area contributed by atoms with Crippen molar-refractivity contribution >= 4 is 11.9 Å². The molecule has 0 spiro atoms. The van der Waals surface area contributed by atoms with E-state index in [9.17, 15) is 9.59 Å². The molecule has 73 valence electrons. The predicted octanol–water partition coefficient (Wildman–Crippen LogP) is 0.279. The van der Waals surface area contributed by atoms with Crippen LogP contribution in [0.4, 0.5) is 0 Å². The van der Waals surface area contributed by atoms with Crippen LogP contribution in [0, 0.1) is 0 Å². The summed E-state index contributed by atoms with van der Waals surface area (Å²) in [6.07, 6.45) is 0.635. The Kier molecular flexibility index (Phi) is 5.34. The molecule has 1 radical (unpaired) electrons. The van der Waals surface area contributed by atoms with Gasteiger partial charge in [0.2, 0.25) is 0 Å². The number of rotatable bonds is 4. The topological polar surface area (TPSA) is 76.4 Å². The Hall–Kier alpha value is -1.52. The molecule has 0 aromatic heterocycles. The van der Waals surface area contributed by atoms with Crippen molar-refractivity contribution in [2.75, 3.05) is 13.2 Å². The monoisotopic (exact) mass is 186 g/mol. The minimum Gasteiger partial charge on any atom is -0.462 e. The Morgan fingerprint density at radius 3 is 1.77 bits per heavy atom. The zero-order chi connectivity index (χ0) is 10.3. The van der Waals surface area contributed by atoms with E-state index >= 15 is 0 Å². The second kappa shape index (κ2) is 6.05. The summed E-state index contributed by atoms with van der Waals surface area (Å²) < 4.78 is 9.07. The van der Waals surface area contributed by atoms with Gasteiger partial charge in [-0.05, 0) is 13.8 Å². The number of esters is 2. The third kappa shape index (κ3) is 3.59. The van der Waals surface area contributed by atoms with Gasteiger partial charge in [-0.25, -0.2) is 9.59 Å². The van der Waals surface area contributed by atoms with Gasteiger partial charge in [0.05, 0.1) is 13.2 Å². The number of hydrogen-bond acceptors (Lipinski definition) is 4. The maximum atomic E-state index is 11.0. The number of nitrogens with one attached hydrogen (secondary N) is 1. The van der Waals surface area contributed by atoms with Crippen molar-refractivity contribution in [2.24, 2.45) is 0 Å². The Balaban J connectivity index is 4.35. The first kappa shape index (κ1) is 11.5. The molecule has 5 nitrogen and oxygen atoms in total. The Bertz CT molecular complexity index is 202. The highest BCUT2D eigenvalue weighted by molar-refractivity contribution is 6.13. The van der Waals surface area contributed by atoms with Crippen LogP contribution in [0.15, 0.2) is 11.8 Å². The molecular weight excluding hydrogens is 174 g/mol. The fourth-order valence-corrected chi connectivity index (χ4v) is 0.619. The molecule has 0 amide bonds. The van der Waals surface area contributed by atoms with Gasteiger partial charge < -0.3 is 15.2 Å². The van der Waals surface area contributed by atoms with Crippen LogP contribution in [0.1, 0.15) is 13.8 Å². The summed E-state index contributed by atoms with van der Waals surface area (Å²) >= 11 is 0. The third-order valence-corrected chi connectivity index (χ3v) is 1.14. The van der Waals surface area contributed by atoms with E-state index in [1.807, 2.05) is 0 Å². The lowest BCUT2D eigenvalue weighted by atomic mass is 10.3. The van der Waals surface area contributed by atoms with Crippen LogP contribution < -0.4 is 5.73 Å². The highest BCUT2D eigenvalue weighted by Crippen LogP contribution is 2.00. The van der Waals surface area contributed by atoms with Crippen LogP contribution in [-0.2, 0) is 19.1 Å². The zero-order valence-electron chi connectivity index (χ0n) is 7.62. The first-order valence-corrected chi connectivity index (χ1v) is 3.89. The fourth-order valence-electron chi connectivity index (χ4n) is 0.619. The lowest BCUT2D eigenvalue weighted by molar-refractivity contribution is -0.146. The van der Waals surface area contributed by atoms with Crippen molar-refractivity contribution in [3.05, 3.63) is 11.8 Å². The van der Waals surface area contributed by atoms with E-state index in [1.165, 1.54) is 0 Å². The highest BCUT2D eigenvalue weighted by atomic mass is 16.6. The maximum absolute atomic E-state index is 11.0. The quantitative estimate of drug-likeness (QED) is 0.273. The summed E-state index contributed by atoms with van der Waals surface area (Å²) in [6.45, 7) is 3.56. The lowest BCUT2D eigenvalue weighted by Gasteiger charge is -2.04. The van der Waals surface area contributed by atoms with Gasteiger partial charge in [0.1, 0.15) is 0 Å². The maximum Gasteiger partial charge on any atom is 0.347 e. The van der Waals surface area contributed by atoms with Crippen molar-refractivity contribution in [1.29, 1.82) is 0 Å². The summed E-state index contributed by atoms with van der Waals surface area (Å²) in [5, 5.41) is 0. The number of ether oxygens (including phenoxy) is 2. The first-order chi connectivity index (χ1) is 6.17. The van der Waals surface area contributed by atoms with E-state index < -0.39 is 11.9 Å². The van der Waals surface area contributed by atoms with Crippen molar-refractivity contribution in [3.63, 3.8) is 0 Å². The SMILES string of the molecule is CCOC(=O)C(=C[NH])C(=O)OCC. The van der Waals surface area contributed by atoms with Crippen LogP contribution >= 0.6 is 0 Å². The van der Waals surface area contributed by atoms with Crippen molar-refractivity contribution in [2.45, 2.75) is 13.8 Å². The second-order valence-corrected chi connectivity index (χ2v) is 2.00. The molecule has 0 rings (SSSR count). The highest BCUT2D eigenvalue weighted by Gasteiger charge is 2.19. The Labute approximate surface area is 76.5 Å². The largest absolute Gasteiger partial charge is 0.462 e. The molecule has 0 aromatic rings. The van der Waals surface area contributed by atoms with Crippen LogP contribution in [0.25, 0.3) is 0 Å². The summed E-state index contributed by atoms with van der Waals surface area (Å²) in [4.78, 5) is 22.0. The van der Waals surface area contributed by atoms with Gasteiger partial charge in [-0.15, -0.1) is 0 Å². The fraction of sp³-hybridized carbons (Fsp3) is 0.500. The average Bonchev–Trinajstić information content (AvgIpc) is 2.06. The standard InChI is InChI=1S/C8H12NO4/c1-3-12-7(10)6(5-9)8(11)13-4-2/h5,9H,3-4H2,1-2H3. The minimum atomic E-state index is -0.823. The van der Waals surface area contributed by atoms with Gasteiger partial charge in [0, 0.05) is 6.20 Å². The average molecular weight is 186 g/mol. The predicted molar refractivity (Wildman–Crippen MR) is 44.4 cm³/mol. The molecule has 1 N–H and O–H groups in total. The minimum absolute atomic E-state index is 0.162. The van der Waals surface area contributed by atoms with Crippen molar-refractivity contribution in [3.8, 4) is 0 Å². The summed E-state index contributed by atoms with van der Waals surface area (Å²) in [6, 6.07) is 0. The molecule has 0 fully saturated rings. The molecule has 5 heteroatoms. The number of hydrogen-bond donors (Lipinski definition) is 0. The molecule has 0 saturated carbocycles. The van der Waals surface area contributed by atoms with Gasteiger partial charge in [-0.2, -0.15) is 0 Å². The summed E-state index contributed by atoms with van der Waals surface area (Å²) in [5.41, 5.74) is 6.43. The molecule has 0 unspecified atom stereocenters. The van der Waals surface area contributed by atoms with Crippen molar-refractivity contribution in [1.82, 2.24) is 5.73 Å². The molecule has 0 aliphatic carbocycles. The Morgan fingerprint density at radius 2 is 1.54 bits per heavy atom. The van der Waals surface area contributed by atoms with E-state index in [4.69, 9.17) is 5.73 Å². The van der Waals surface area contributed by atoms with Crippen LogP contribution in [-0.4, -0.2) is 25.2 Å². The molecule has 0 heterocycles. The van der Waals surface area contributed by atoms with Gasteiger partial charge in [0.25, 0.3) is 0 Å². The summed E-state index contributed by atoms with van der Waals surface area (Å²) in [7, 11) is 0. The lowest BCUT2D eigenvalue weighted by Crippen LogP contribution is -2.18. The molecule has 0 aromatic carbocycles. The van der Waals surface area contributed by atoms with Crippen LogP contribution in [0.5, 0.6) is 0 Å². The molecule has 0 atom stereocenters. The van der Waals surface area contributed by atoms with Crippen LogP contribution in [0.2, 0.25) is 0 Å². The first-order valence-electron chi connectivity index (χ1n) is 3.89. The molecule has 0 saturated heterocycles. The normalized spacial score (nSPS) is 8.77. The van der Waals surface area contributed by atoms with Gasteiger partial charge >= 0.3 is 11.9 Å². The number of carbonyl (C=O) groups is 2. The molecule has 13 heavy (non-hydrogen) atoms. The van der Waals surface area contributed by atoms with Crippen molar-refractivity contribution < 1.29 is 19.1 Å². The molecule has 0 bridgehead atoms. The van der Waals surface area contributed by atoms with E-state index in [0.29, 0.717) is 6.20 Å². The van der Waals surface area contributed by atoms with Crippen LogP contribution in [0.3, 0.4) is 0 Å². The van der Waals surface area contributed by atoms with E-state index in [2.05, 4.69) is 9.47 Å². The van der Waals surface area contributed by atoms with E-state index in [0.717, 1.165) is 0 Å². The van der Waals surface area contributed by atoms with E-state index in [1.54, 1.807) is 13.8 Å². The smallest absolute Gasteiger partial charge is 0.347 e. The summed E-state index contributed by atoms with van der Waals surface area (Å²) in [5.74, 6) is -1.65. The third-order valence-electron chi connectivity index (χ3n) is 1.14. The number of carbonyl (C=O) groups excluding carboxylic acids is 2. The van der Waals surface area contributed by atoms with E-state index in [-0.39, 0.29) is 18.8 Å². The van der Waals surface area contributed by atoms with Gasteiger partial charge in [0.15, 0.2) is 5.57 Å². The molecular formula is C8H12NO4. The molecule has 0 aliphatic heterocycles. The second-order valence-electron chi connectivity index (χ2n) is 2.00.